The molecule has 0 amide bonds. The molecule has 0 bridgehead atoms. The van der Waals surface area contributed by atoms with Gasteiger partial charge in [0.2, 0.25) is 0 Å². The van der Waals surface area contributed by atoms with Gasteiger partial charge >= 0.3 is 5.97 Å². The van der Waals surface area contributed by atoms with Crippen molar-refractivity contribution in [1.82, 2.24) is 0 Å². The first-order chi connectivity index (χ1) is 10.7. The van der Waals surface area contributed by atoms with E-state index in [0.717, 1.165) is 10.5 Å². The molecule has 22 heavy (non-hydrogen) atoms. The molecule has 0 radical (unpaired) electrons. The molecule has 5 heteroatoms. The Hall–Kier alpha value is -2.76. The number of carbonyl (C=O) groups excluding carboxylic acids is 1. The molecule has 0 aliphatic heterocycles. The Kier molecular flexibility index (Phi) is 5.59. The number of ether oxygens (including phenoxy) is 1. The molecule has 0 aliphatic rings. The standard InChI is InChI=1S/C17H12N2O2S/c18-9-10-21-17(20)15-3-1-2-4-16(15)22-12-14-7-5-13(11-19)6-8-14/h1-8H,10,12H2. The summed E-state index contributed by atoms with van der Waals surface area (Å²) in [6.07, 6.45) is 0. The summed E-state index contributed by atoms with van der Waals surface area (Å²) in [7, 11) is 0. The quantitative estimate of drug-likeness (QED) is 0.624. The summed E-state index contributed by atoms with van der Waals surface area (Å²) in [6, 6.07) is 18.3. The zero-order valence-corrected chi connectivity index (χ0v) is 12.5. The zero-order chi connectivity index (χ0) is 15.8. The molecule has 0 atom stereocenters. The molecule has 0 spiro atoms. The Bertz CT molecular complexity index is 742. The maximum Gasteiger partial charge on any atom is 0.340 e. The van der Waals surface area contributed by atoms with Crippen LogP contribution in [0.1, 0.15) is 21.5 Å². The summed E-state index contributed by atoms with van der Waals surface area (Å²) in [6.45, 7) is -0.256. The molecule has 0 heterocycles. The minimum absolute atomic E-state index is 0.256. The minimum atomic E-state index is -0.496. The lowest BCUT2D eigenvalue weighted by Gasteiger charge is -2.08. The fraction of sp³-hybridized carbons (Fsp3) is 0.118. The van der Waals surface area contributed by atoms with Crippen molar-refractivity contribution in [2.45, 2.75) is 10.6 Å². The molecule has 0 aliphatic carbocycles. The Morgan fingerprint density at radius 1 is 1.09 bits per heavy atom. The van der Waals surface area contributed by atoms with Crippen molar-refractivity contribution in [2.75, 3.05) is 6.61 Å². The van der Waals surface area contributed by atoms with E-state index >= 15 is 0 Å². The first-order valence-corrected chi connectivity index (χ1v) is 7.48. The van der Waals surface area contributed by atoms with E-state index in [2.05, 4.69) is 6.07 Å². The lowest BCUT2D eigenvalue weighted by atomic mass is 10.2. The maximum atomic E-state index is 11.9. The van der Waals surface area contributed by atoms with E-state index in [4.69, 9.17) is 15.3 Å². The topological polar surface area (TPSA) is 73.9 Å². The summed E-state index contributed by atoms with van der Waals surface area (Å²) in [5.74, 6) is 0.179. The number of nitrogens with zero attached hydrogens (tertiary/aromatic N) is 2. The first-order valence-electron chi connectivity index (χ1n) is 6.49. The number of hydrogen-bond donors (Lipinski definition) is 0. The van der Waals surface area contributed by atoms with Crippen LogP contribution in [-0.4, -0.2) is 12.6 Å². The number of esters is 1. The van der Waals surface area contributed by atoms with Crippen molar-refractivity contribution >= 4 is 17.7 Å². The van der Waals surface area contributed by atoms with Crippen LogP contribution >= 0.6 is 11.8 Å². The number of hydrogen-bond acceptors (Lipinski definition) is 5. The van der Waals surface area contributed by atoms with Crippen LogP contribution in [0.25, 0.3) is 0 Å². The van der Waals surface area contributed by atoms with Gasteiger partial charge in [-0.3, -0.25) is 0 Å². The summed E-state index contributed by atoms with van der Waals surface area (Å²) in [5, 5.41) is 17.2. The third-order valence-electron chi connectivity index (χ3n) is 2.85. The highest BCUT2D eigenvalue weighted by atomic mass is 32.2. The Morgan fingerprint density at radius 3 is 2.50 bits per heavy atom. The zero-order valence-electron chi connectivity index (χ0n) is 11.7. The molecule has 0 saturated heterocycles. The average molecular weight is 308 g/mol. The molecule has 0 fully saturated rings. The number of rotatable bonds is 5. The molecule has 0 N–H and O–H groups in total. The summed E-state index contributed by atoms with van der Waals surface area (Å²) < 4.78 is 4.85. The molecule has 4 nitrogen and oxygen atoms in total. The second-order valence-corrected chi connectivity index (χ2v) is 5.34. The van der Waals surface area contributed by atoms with Crippen LogP contribution in [0.2, 0.25) is 0 Å². The van der Waals surface area contributed by atoms with Gasteiger partial charge < -0.3 is 4.74 Å². The summed E-state index contributed by atoms with van der Waals surface area (Å²) in [5.41, 5.74) is 2.13. The van der Waals surface area contributed by atoms with Crippen LogP contribution in [0, 0.1) is 22.7 Å². The molecule has 0 saturated carbocycles. The number of carbonyl (C=O) groups is 1. The Labute approximate surface area is 132 Å². The fourth-order valence-corrected chi connectivity index (χ4v) is 2.77. The lowest BCUT2D eigenvalue weighted by Crippen LogP contribution is -2.06. The van der Waals surface area contributed by atoms with Gasteiger partial charge in [0.05, 0.1) is 17.2 Å². The predicted octanol–water partition coefficient (Wildman–Crippen LogP) is 3.53. The number of nitriles is 2. The van der Waals surface area contributed by atoms with Gasteiger partial charge in [0, 0.05) is 10.6 Å². The van der Waals surface area contributed by atoms with E-state index in [1.807, 2.05) is 24.3 Å². The van der Waals surface area contributed by atoms with Gasteiger partial charge in [0.1, 0.15) is 6.07 Å². The third-order valence-corrected chi connectivity index (χ3v) is 4.00. The van der Waals surface area contributed by atoms with E-state index in [1.54, 1.807) is 30.3 Å². The van der Waals surface area contributed by atoms with E-state index in [0.29, 0.717) is 16.9 Å². The molecule has 2 rings (SSSR count). The fourth-order valence-electron chi connectivity index (χ4n) is 1.77. The first kappa shape index (κ1) is 15.6. The molecule has 2 aromatic rings. The van der Waals surface area contributed by atoms with Gasteiger partial charge in [-0.2, -0.15) is 10.5 Å². The van der Waals surface area contributed by atoms with E-state index < -0.39 is 5.97 Å². The Morgan fingerprint density at radius 2 is 1.82 bits per heavy atom. The molecule has 0 unspecified atom stereocenters. The highest BCUT2D eigenvalue weighted by Crippen LogP contribution is 2.27. The SMILES string of the molecule is N#CCOC(=O)c1ccccc1SCc1ccc(C#N)cc1. The highest BCUT2D eigenvalue weighted by Gasteiger charge is 2.12. The van der Waals surface area contributed by atoms with E-state index in [1.165, 1.54) is 11.8 Å². The average Bonchev–Trinajstić information content (AvgIpc) is 2.58. The van der Waals surface area contributed by atoms with Crippen molar-refractivity contribution in [3.05, 3.63) is 65.2 Å². The van der Waals surface area contributed by atoms with E-state index in [-0.39, 0.29) is 6.61 Å². The second kappa shape index (κ2) is 7.87. The molecule has 0 aromatic heterocycles. The Balaban J connectivity index is 2.08. The summed E-state index contributed by atoms with van der Waals surface area (Å²) >= 11 is 1.51. The van der Waals surface area contributed by atoms with Crippen molar-refractivity contribution in [3.63, 3.8) is 0 Å². The minimum Gasteiger partial charge on any atom is -0.447 e. The molecular formula is C17H12N2O2S. The van der Waals surface area contributed by atoms with E-state index in [9.17, 15) is 4.79 Å². The van der Waals surface area contributed by atoms with Gasteiger partial charge in [0.15, 0.2) is 6.61 Å². The molecular weight excluding hydrogens is 296 g/mol. The number of thioether (sulfide) groups is 1. The number of benzene rings is 2. The van der Waals surface area contributed by atoms with Gasteiger partial charge in [0.25, 0.3) is 0 Å². The van der Waals surface area contributed by atoms with Gasteiger partial charge in [-0.25, -0.2) is 4.79 Å². The summed E-state index contributed by atoms with van der Waals surface area (Å²) in [4.78, 5) is 12.7. The van der Waals surface area contributed by atoms with Crippen molar-refractivity contribution in [2.24, 2.45) is 0 Å². The normalized spacial score (nSPS) is 9.55. The largest absolute Gasteiger partial charge is 0.447 e. The predicted molar refractivity (Wildman–Crippen MR) is 83.1 cm³/mol. The van der Waals surface area contributed by atoms with Crippen molar-refractivity contribution in [1.29, 1.82) is 10.5 Å². The molecule has 2 aromatic carbocycles. The van der Waals surface area contributed by atoms with Gasteiger partial charge in [-0.1, -0.05) is 24.3 Å². The smallest absolute Gasteiger partial charge is 0.340 e. The molecule has 108 valence electrons. The highest BCUT2D eigenvalue weighted by molar-refractivity contribution is 7.98. The van der Waals surface area contributed by atoms with Crippen LogP contribution in [0.3, 0.4) is 0 Å². The van der Waals surface area contributed by atoms with Crippen molar-refractivity contribution in [3.8, 4) is 12.1 Å². The van der Waals surface area contributed by atoms with Gasteiger partial charge in [-0.15, -0.1) is 11.8 Å². The lowest BCUT2D eigenvalue weighted by molar-refractivity contribution is 0.0551. The van der Waals surface area contributed by atoms with Gasteiger partial charge in [-0.05, 0) is 29.8 Å². The van der Waals surface area contributed by atoms with Crippen LogP contribution in [-0.2, 0) is 10.5 Å². The van der Waals surface area contributed by atoms with Crippen LogP contribution in [0.15, 0.2) is 53.4 Å². The maximum absolute atomic E-state index is 11.9. The van der Waals surface area contributed by atoms with Crippen LogP contribution < -0.4 is 0 Å². The third kappa shape index (κ3) is 4.12. The van der Waals surface area contributed by atoms with Crippen LogP contribution in [0.5, 0.6) is 0 Å². The monoisotopic (exact) mass is 308 g/mol. The second-order valence-electron chi connectivity index (χ2n) is 4.33. The van der Waals surface area contributed by atoms with Crippen molar-refractivity contribution < 1.29 is 9.53 Å². The van der Waals surface area contributed by atoms with Crippen LogP contribution in [0.4, 0.5) is 0 Å².